The zero-order valence-corrected chi connectivity index (χ0v) is 29.6. The molecule has 5 aromatic carbocycles. The average molecular weight is 662 g/mol. The van der Waals surface area contributed by atoms with Gasteiger partial charge >= 0.3 is 0 Å². The number of anilines is 1. The number of nitrogens with zero attached hydrogens (tertiary/aromatic N) is 3. The van der Waals surface area contributed by atoms with E-state index in [1.54, 1.807) is 0 Å². The van der Waals surface area contributed by atoms with Gasteiger partial charge in [0.1, 0.15) is 0 Å². The number of para-hydroxylation sites is 3. The van der Waals surface area contributed by atoms with Gasteiger partial charge in [-0.2, -0.15) is 0 Å². The van der Waals surface area contributed by atoms with Crippen LogP contribution in [0.5, 0.6) is 0 Å². The van der Waals surface area contributed by atoms with Crippen LogP contribution in [0.15, 0.2) is 140 Å². The fourth-order valence-corrected chi connectivity index (χ4v) is 9.22. The number of aromatic nitrogens is 2. The van der Waals surface area contributed by atoms with Crippen molar-refractivity contribution in [3.63, 3.8) is 0 Å². The molecule has 3 nitrogen and oxygen atoms in total. The summed E-state index contributed by atoms with van der Waals surface area (Å²) in [6.45, 7) is 8.02. The van der Waals surface area contributed by atoms with Crippen LogP contribution in [0.1, 0.15) is 49.8 Å². The second-order valence-electron chi connectivity index (χ2n) is 15.9. The third-order valence-electron chi connectivity index (χ3n) is 11.3. The highest BCUT2D eigenvalue weighted by Crippen LogP contribution is 2.46. The normalized spacial score (nSPS) is 19.3. The van der Waals surface area contributed by atoms with Crippen LogP contribution < -0.4 is 15.5 Å². The maximum atomic E-state index is 2.71. The first-order valence-corrected chi connectivity index (χ1v) is 18.5. The van der Waals surface area contributed by atoms with E-state index in [0.717, 1.165) is 19.4 Å². The Bertz CT molecular complexity index is 2680. The van der Waals surface area contributed by atoms with Gasteiger partial charge in [-0.3, -0.25) is 0 Å². The summed E-state index contributed by atoms with van der Waals surface area (Å²) in [5.41, 5.74) is 10.8. The third-order valence-corrected chi connectivity index (χ3v) is 11.3. The summed E-state index contributed by atoms with van der Waals surface area (Å²) in [6, 6.07) is 43.5. The monoisotopic (exact) mass is 661 g/mol. The molecule has 0 N–H and O–H groups in total. The second kappa shape index (κ2) is 11.5. The molecule has 0 amide bonds. The van der Waals surface area contributed by atoms with Gasteiger partial charge in [0.25, 0.3) is 0 Å². The molecule has 3 unspecified atom stereocenters. The zero-order valence-electron chi connectivity index (χ0n) is 29.6. The van der Waals surface area contributed by atoms with E-state index in [-0.39, 0.29) is 5.41 Å². The van der Waals surface area contributed by atoms with E-state index >= 15 is 0 Å². The molecule has 3 heteroatoms. The molecule has 0 saturated carbocycles. The lowest BCUT2D eigenvalue weighted by atomic mass is 9.89. The van der Waals surface area contributed by atoms with E-state index in [1.807, 2.05) is 0 Å². The summed E-state index contributed by atoms with van der Waals surface area (Å²) in [5.74, 6) is 0.355. The molecule has 3 atom stereocenters. The molecule has 2 aliphatic carbocycles. The molecular weight excluding hydrogens is 619 g/mol. The van der Waals surface area contributed by atoms with Crippen LogP contribution in [0, 0.1) is 5.41 Å². The van der Waals surface area contributed by atoms with Crippen LogP contribution in [-0.2, 0) is 13.0 Å². The van der Waals surface area contributed by atoms with Crippen molar-refractivity contribution in [3.8, 4) is 5.69 Å². The Labute approximate surface area is 299 Å². The van der Waals surface area contributed by atoms with Gasteiger partial charge in [-0.1, -0.05) is 130 Å². The molecule has 0 saturated heterocycles. The van der Waals surface area contributed by atoms with Crippen LogP contribution in [-0.4, -0.2) is 21.2 Å². The molecule has 10 rings (SSSR count). The van der Waals surface area contributed by atoms with Crippen LogP contribution >= 0.6 is 0 Å². The highest BCUT2D eigenvalue weighted by molar-refractivity contribution is 6.09. The topological polar surface area (TPSA) is 13.1 Å². The predicted molar refractivity (Wildman–Crippen MR) is 215 cm³/mol. The minimum absolute atomic E-state index is 0.199. The first-order valence-electron chi connectivity index (χ1n) is 18.5. The number of rotatable bonds is 5. The van der Waals surface area contributed by atoms with Crippen molar-refractivity contribution >= 4 is 50.5 Å². The van der Waals surface area contributed by atoms with E-state index in [1.165, 1.54) is 71.3 Å². The highest BCUT2D eigenvalue weighted by atomic mass is 15.2. The molecule has 3 heterocycles. The maximum Gasteiger partial charge on any atom is 0.0586 e. The Morgan fingerprint density at radius 2 is 1.37 bits per heavy atom. The quantitative estimate of drug-likeness (QED) is 0.179. The van der Waals surface area contributed by atoms with Crippen molar-refractivity contribution in [2.45, 2.75) is 58.2 Å². The maximum absolute atomic E-state index is 2.71. The fraction of sp³-hybridized carbons (Fsp3) is 0.208. The second-order valence-corrected chi connectivity index (χ2v) is 15.9. The molecule has 0 spiro atoms. The van der Waals surface area contributed by atoms with E-state index in [2.05, 4.69) is 187 Å². The van der Waals surface area contributed by atoms with Crippen molar-refractivity contribution in [2.75, 3.05) is 4.90 Å². The molecule has 3 aliphatic rings. The van der Waals surface area contributed by atoms with E-state index < -0.39 is 0 Å². The summed E-state index contributed by atoms with van der Waals surface area (Å²) in [4.78, 5) is 2.71. The number of benzene rings is 5. The van der Waals surface area contributed by atoms with Crippen molar-refractivity contribution in [2.24, 2.45) is 5.41 Å². The van der Waals surface area contributed by atoms with Gasteiger partial charge in [-0.05, 0) is 77.4 Å². The lowest BCUT2D eigenvalue weighted by Crippen LogP contribution is -2.45. The Kier molecular flexibility index (Phi) is 6.83. The summed E-state index contributed by atoms with van der Waals surface area (Å²) in [6.07, 6.45) is 16.3. The van der Waals surface area contributed by atoms with Gasteiger partial charge in [-0.15, -0.1) is 0 Å². The fourth-order valence-electron chi connectivity index (χ4n) is 9.22. The SMILES string of the molecule is CC(C)(C)Cn1c2c(c3ccccc31)=CC(N1c3ccc(Cc4ccc5c(c4)c4ccccc4n5-c4ccccc4)cc3C3C=CC=CC31)CC=2. The number of fused-ring (bicyclic) bond motifs is 9. The lowest BCUT2D eigenvalue weighted by Gasteiger charge is -2.35. The number of hydrogen-bond acceptors (Lipinski definition) is 1. The molecule has 0 radical (unpaired) electrons. The zero-order chi connectivity index (χ0) is 34.3. The van der Waals surface area contributed by atoms with Crippen molar-refractivity contribution in [1.29, 1.82) is 0 Å². The van der Waals surface area contributed by atoms with Gasteiger partial charge in [0.15, 0.2) is 0 Å². The molecule has 2 aromatic heterocycles. The number of hydrogen-bond donors (Lipinski definition) is 0. The van der Waals surface area contributed by atoms with Gasteiger partial charge < -0.3 is 14.0 Å². The lowest BCUT2D eigenvalue weighted by molar-refractivity contribution is 0.345. The summed E-state index contributed by atoms with van der Waals surface area (Å²) < 4.78 is 4.96. The molecule has 51 heavy (non-hydrogen) atoms. The standard InChI is InChI=1S/C48H43N3/c1-48(2,3)31-49-42-18-10-7-15-36(42)41-30-35(23-26-43(41)49)51-45-20-12-9-17-38(45)40-29-33(22-25-47(40)51)27-32-21-24-46-39(28-32)37-16-8-11-19-44(37)50(46)34-13-5-4-6-14-34/h4-22,24-26,28-30,35,38,45H,23,27,31H2,1-3H3. The van der Waals surface area contributed by atoms with Crippen molar-refractivity contribution in [1.82, 2.24) is 9.13 Å². The molecule has 250 valence electrons. The third kappa shape index (κ3) is 4.93. The Balaban J connectivity index is 1.02. The summed E-state index contributed by atoms with van der Waals surface area (Å²) in [7, 11) is 0. The van der Waals surface area contributed by atoms with Gasteiger partial charge in [0.05, 0.1) is 23.1 Å². The van der Waals surface area contributed by atoms with E-state index in [4.69, 9.17) is 0 Å². The Morgan fingerprint density at radius 1 is 0.667 bits per heavy atom. The minimum atomic E-state index is 0.199. The van der Waals surface area contributed by atoms with Crippen LogP contribution in [0.3, 0.4) is 0 Å². The Hall–Kier alpha value is -5.54. The largest absolute Gasteiger partial charge is 0.357 e. The Morgan fingerprint density at radius 3 is 2.22 bits per heavy atom. The van der Waals surface area contributed by atoms with Gasteiger partial charge in [0, 0.05) is 56.1 Å². The summed E-state index contributed by atoms with van der Waals surface area (Å²) in [5, 5.41) is 6.76. The predicted octanol–water partition coefficient (Wildman–Crippen LogP) is 9.81. The molecular formula is C48H43N3. The van der Waals surface area contributed by atoms with Crippen LogP contribution in [0.25, 0.3) is 50.5 Å². The highest BCUT2D eigenvalue weighted by Gasteiger charge is 2.39. The van der Waals surface area contributed by atoms with Crippen LogP contribution in [0.2, 0.25) is 0 Å². The first kappa shape index (κ1) is 30.3. The average Bonchev–Trinajstić information content (AvgIpc) is 3.77. The molecule has 0 bridgehead atoms. The number of allylic oxidation sites excluding steroid dienone is 2. The van der Waals surface area contributed by atoms with Gasteiger partial charge in [0.2, 0.25) is 0 Å². The molecule has 1 aliphatic heterocycles. The minimum Gasteiger partial charge on any atom is -0.357 e. The smallest absolute Gasteiger partial charge is 0.0586 e. The van der Waals surface area contributed by atoms with Crippen molar-refractivity contribution in [3.05, 3.63) is 167 Å². The van der Waals surface area contributed by atoms with E-state index in [0.29, 0.717) is 18.0 Å². The summed E-state index contributed by atoms with van der Waals surface area (Å²) >= 11 is 0. The van der Waals surface area contributed by atoms with Crippen LogP contribution in [0.4, 0.5) is 5.69 Å². The molecule has 0 fully saturated rings. The molecule has 7 aromatic rings. The first-order chi connectivity index (χ1) is 24.9. The van der Waals surface area contributed by atoms with Crippen molar-refractivity contribution < 1.29 is 0 Å². The van der Waals surface area contributed by atoms with Gasteiger partial charge in [-0.25, -0.2) is 0 Å². The van der Waals surface area contributed by atoms with E-state index in [9.17, 15) is 0 Å².